The second kappa shape index (κ2) is 6.42. The van der Waals surface area contributed by atoms with E-state index < -0.39 is 10.0 Å². The lowest BCUT2D eigenvalue weighted by molar-refractivity contribution is 0.292. The van der Waals surface area contributed by atoms with Crippen molar-refractivity contribution in [3.63, 3.8) is 0 Å². The van der Waals surface area contributed by atoms with Gasteiger partial charge in [0.2, 0.25) is 10.0 Å². The number of alkyl halides is 1. The van der Waals surface area contributed by atoms with Gasteiger partial charge in [0.05, 0.1) is 10.0 Å². The van der Waals surface area contributed by atoms with Gasteiger partial charge in [-0.15, -0.1) is 0 Å². The summed E-state index contributed by atoms with van der Waals surface area (Å²) in [5.41, 5.74) is 0. The molecule has 2 atom stereocenters. The Labute approximate surface area is 145 Å². The number of sulfonamides is 1. The van der Waals surface area contributed by atoms with Crippen molar-refractivity contribution in [2.75, 3.05) is 13.1 Å². The standard InChI is InChI=1S/C12H13Br2Cl2NO2S/c1-7-6-17(3-2-9(7)14)20(18,19)12-10(15)4-8(13)5-11(12)16/h4-5,7,9H,2-3,6H2,1H3. The quantitative estimate of drug-likeness (QED) is 0.601. The zero-order valence-electron chi connectivity index (χ0n) is 10.6. The van der Waals surface area contributed by atoms with Crippen molar-refractivity contribution in [2.45, 2.75) is 23.1 Å². The van der Waals surface area contributed by atoms with Crippen LogP contribution in [0.1, 0.15) is 13.3 Å². The lowest BCUT2D eigenvalue weighted by atomic mass is 10.0. The molecular weight excluding hydrogens is 453 g/mol. The van der Waals surface area contributed by atoms with Gasteiger partial charge in [0.15, 0.2) is 0 Å². The molecule has 1 aromatic carbocycles. The Morgan fingerprint density at radius 1 is 1.30 bits per heavy atom. The topological polar surface area (TPSA) is 37.4 Å². The van der Waals surface area contributed by atoms with Crippen molar-refractivity contribution in [3.05, 3.63) is 26.7 Å². The summed E-state index contributed by atoms with van der Waals surface area (Å²) in [6, 6.07) is 3.09. The van der Waals surface area contributed by atoms with Crippen LogP contribution in [0.5, 0.6) is 0 Å². The Morgan fingerprint density at radius 3 is 2.35 bits per heavy atom. The lowest BCUT2D eigenvalue weighted by Crippen LogP contribution is -2.43. The fourth-order valence-electron chi connectivity index (χ4n) is 2.20. The maximum Gasteiger partial charge on any atom is 0.246 e. The molecular formula is C12H13Br2Cl2NO2S. The van der Waals surface area contributed by atoms with Gasteiger partial charge >= 0.3 is 0 Å². The maximum absolute atomic E-state index is 12.7. The molecule has 0 aliphatic carbocycles. The van der Waals surface area contributed by atoms with Gasteiger partial charge in [-0.05, 0) is 24.5 Å². The van der Waals surface area contributed by atoms with Gasteiger partial charge in [-0.3, -0.25) is 0 Å². The van der Waals surface area contributed by atoms with Crippen LogP contribution in [0.2, 0.25) is 10.0 Å². The van der Waals surface area contributed by atoms with E-state index in [1.807, 2.05) is 6.92 Å². The van der Waals surface area contributed by atoms with E-state index >= 15 is 0 Å². The number of halogens is 4. The van der Waals surface area contributed by atoms with Crippen LogP contribution in [0.3, 0.4) is 0 Å². The molecule has 0 bridgehead atoms. The molecule has 1 saturated heterocycles. The minimum Gasteiger partial charge on any atom is -0.207 e. The Bertz CT molecular complexity index is 601. The third-order valence-electron chi connectivity index (χ3n) is 3.32. The van der Waals surface area contributed by atoms with Crippen LogP contribution in [0.25, 0.3) is 0 Å². The number of hydrogen-bond donors (Lipinski definition) is 0. The van der Waals surface area contributed by atoms with E-state index in [0.29, 0.717) is 22.4 Å². The predicted octanol–water partition coefficient (Wildman–Crippen LogP) is 4.55. The fraction of sp³-hybridized carbons (Fsp3) is 0.500. The summed E-state index contributed by atoms with van der Waals surface area (Å²) >= 11 is 19.0. The summed E-state index contributed by atoms with van der Waals surface area (Å²) in [6.45, 7) is 2.94. The molecule has 3 nitrogen and oxygen atoms in total. The highest BCUT2D eigenvalue weighted by Crippen LogP contribution is 2.36. The van der Waals surface area contributed by atoms with E-state index in [0.717, 1.165) is 6.42 Å². The predicted molar refractivity (Wildman–Crippen MR) is 89.4 cm³/mol. The van der Waals surface area contributed by atoms with E-state index in [1.54, 1.807) is 12.1 Å². The maximum atomic E-state index is 12.7. The first kappa shape index (κ1) is 17.0. The molecule has 0 saturated carbocycles. The Hall–Kier alpha value is 0.670. The van der Waals surface area contributed by atoms with Crippen molar-refractivity contribution in [3.8, 4) is 0 Å². The lowest BCUT2D eigenvalue weighted by Gasteiger charge is -2.33. The van der Waals surface area contributed by atoms with Crippen molar-refractivity contribution in [1.29, 1.82) is 0 Å². The summed E-state index contributed by atoms with van der Waals surface area (Å²) in [7, 11) is -3.67. The van der Waals surface area contributed by atoms with Crippen molar-refractivity contribution >= 4 is 65.1 Å². The SMILES string of the molecule is CC1CN(S(=O)(=O)c2c(Cl)cc(Br)cc2Cl)CCC1Br. The van der Waals surface area contributed by atoms with Crippen LogP contribution in [0.15, 0.2) is 21.5 Å². The highest BCUT2D eigenvalue weighted by atomic mass is 79.9. The second-order valence-corrected chi connectivity index (χ2v) is 9.62. The van der Waals surface area contributed by atoms with Gasteiger partial charge in [0.25, 0.3) is 0 Å². The number of nitrogens with zero attached hydrogens (tertiary/aromatic N) is 1. The van der Waals surface area contributed by atoms with Crippen LogP contribution in [-0.4, -0.2) is 30.6 Å². The number of piperidine rings is 1. The van der Waals surface area contributed by atoms with E-state index in [1.165, 1.54) is 4.31 Å². The second-order valence-electron chi connectivity index (χ2n) is 4.84. The Morgan fingerprint density at radius 2 is 1.85 bits per heavy atom. The molecule has 0 amide bonds. The molecule has 1 aliphatic rings. The van der Waals surface area contributed by atoms with Crippen LogP contribution >= 0.6 is 55.1 Å². The molecule has 2 unspecified atom stereocenters. The normalized spacial score (nSPS) is 24.9. The van der Waals surface area contributed by atoms with Crippen LogP contribution < -0.4 is 0 Å². The average Bonchev–Trinajstić information content (AvgIpc) is 2.30. The Kier molecular flexibility index (Phi) is 5.47. The van der Waals surface area contributed by atoms with Crippen molar-refractivity contribution < 1.29 is 8.42 Å². The zero-order chi connectivity index (χ0) is 15.1. The first-order valence-electron chi connectivity index (χ1n) is 6.02. The molecule has 2 rings (SSSR count). The first-order valence-corrected chi connectivity index (χ1v) is 9.92. The highest BCUT2D eigenvalue weighted by molar-refractivity contribution is 9.10. The molecule has 0 radical (unpaired) electrons. The van der Waals surface area contributed by atoms with Gasteiger partial charge in [0, 0.05) is 22.4 Å². The summed E-state index contributed by atoms with van der Waals surface area (Å²) in [5, 5.41) is 0.274. The van der Waals surface area contributed by atoms with Gasteiger partial charge in [0.1, 0.15) is 4.90 Å². The first-order chi connectivity index (χ1) is 9.23. The van der Waals surface area contributed by atoms with Crippen molar-refractivity contribution in [2.24, 2.45) is 5.92 Å². The number of rotatable bonds is 2. The van der Waals surface area contributed by atoms with Crippen LogP contribution in [-0.2, 0) is 10.0 Å². The molecule has 112 valence electrons. The largest absolute Gasteiger partial charge is 0.246 e. The monoisotopic (exact) mass is 463 g/mol. The highest BCUT2D eigenvalue weighted by Gasteiger charge is 2.34. The summed E-state index contributed by atoms with van der Waals surface area (Å²) in [4.78, 5) is 0.328. The fourth-order valence-corrected chi connectivity index (χ4v) is 6.01. The van der Waals surface area contributed by atoms with Crippen LogP contribution in [0, 0.1) is 5.92 Å². The van der Waals surface area contributed by atoms with Crippen molar-refractivity contribution in [1.82, 2.24) is 4.31 Å². The van der Waals surface area contributed by atoms with Gasteiger partial charge in [-0.1, -0.05) is 62.0 Å². The molecule has 1 heterocycles. The van der Waals surface area contributed by atoms with E-state index in [-0.39, 0.29) is 20.9 Å². The number of benzene rings is 1. The molecule has 20 heavy (non-hydrogen) atoms. The van der Waals surface area contributed by atoms with E-state index in [9.17, 15) is 8.42 Å². The smallest absolute Gasteiger partial charge is 0.207 e. The molecule has 0 aromatic heterocycles. The minimum atomic E-state index is -3.67. The zero-order valence-corrected chi connectivity index (χ0v) is 16.1. The summed E-state index contributed by atoms with van der Waals surface area (Å²) < 4.78 is 27.5. The molecule has 0 N–H and O–H groups in total. The molecule has 1 aromatic rings. The average molecular weight is 466 g/mol. The minimum absolute atomic E-state index is 0.00995. The molecule has 0 spiro atoms. The molecule has 1 fully saturated rings. The van der Waals surface area contributed by atoms with Crippen LogP contribution in [0.4, 0.5) is 0 Å². The third kappa shape index (κ3) is 3.36. The third-order valence-corrected chi connectivity index (χ3v) is 7.93. The van der Waals surface area contributed by atoms with Gasteiger partial charge < -0.3 is 0 Å². The van der Waals surface area contributed by atoms with Gasteiger partial charge in [-0.25, -0.2) is 8.42 Å². The molecule has 1 aliphatic heterocycles. The number of hydrogen-bond acceptors (Lipinski definition) is 2. The van der Waals surface area contributed by atoms with Gasteiger partial charge in [-0.2, -0.15) is 4.31 Å². The summed E-state index contributed by atoms with van der Waals surface area (Å²) in [5.74, 6) is 0.242. The molecule has 8 heteroatoms. The summed E-state index contributed by atoms with van der Waals surface area (Å²) in [6.07, 6.45) is 0.770. The van der Waals surface area contributed by atoms with E-state index in [2.05, 4.69) is 31.9 Å². The Balaban J connectivity index is 2.41. The van der Waals surface area contributed by atoms with E-state index in [4.69, 9.17) is 23.2 Å².